The monoisotopic (exact) mass is 446 g/mol. The Bertz CT molecular complexity index is 1330. The van der Waals surface area contributed by atoms with Crippen molar-refractivity contribution < 1.29 is 13.6 Å². The second-order valence-corrected chi connectivity index (χ2v) is 8.42. The molecule has 0 unspecified atom stereocenters. The smallest absolute Gasteiger partial charge is 0.228 e. The lowest BCUT2D eigenvalue weighted by Crippen LogP contribution is -2.40. The highest BCUT2D eigenvalue weighted by atomic mass is 16.5. The van der Waals surface area contributed by atoms with Gasteiger partial charge in [-0.3, -0.25) is 4.40 Å². The molecule has 0 spiro atoms. The standard InChI is InChI=1S/C26H29N5O2/c1-30-14-6-10-20(17-30)27-26-29-28-25(23-11-7-15-31(23)26)22-13-12-21(32-2)16-24(22)33-18-19-8-4-3-5-9-19/h3-5,7-9,11-13,15-16,20H,6,10,14,17-18H2,1-2H3,(H,27,29)/t20-/m1/s1/i2D3. The van der Waals surface area contributed by atoms with Crippen LogP contribution in [0.15, 0.2) is 66.9 Å². The van der Waals surface area contributed by atoms with Crippen LogP contribution in [0.4, 0.5) is 5.95 Å². The Balaban J connectivity index is 1.49. The van der Waals surface area contributed by atoms with Crippen molar-refractivity contribution in [3.8, 4) is 22.8 Å². The van der Waals surface area contributed by atoms with E-state index in [0.29, 0.717) is 35.6 Å². The number of nitrogens with one attached hydrogen (secondary N) is 1. The Hall–Kier alpha value is -3.58. The molecule has 2 aromatic heterocycles. The topological polar surface area (TPSA) is 63.9 Å². The van der Waals surface area contributed by atoms with Gasteiger partial charge in [-0.25, -0.2) is 0 Å². The minimum atomic E-state index is -2.56. The third kappa shape index (κ3) is 4.64. The zero-order chi connectivity index (χ0) is 25.1. The molecular formula is C26H29N5O2. The maximum atomic E-state index is 7.46. The fourth-order valence-electron chi connectivity index (χ4n) is 4.33. The van der Waals surface area contributed by atoms with Gasteiger partial charge in [0, 0.05) is 30.4 Å². The molecule has 2 aromatic carbocycles. The van der Waals surface area contributed by atoms with E-state index in [4.69, 9.17) is 13.6 Å². The summed E-state index contributed by atoms with van der Waals surface area (Å²) in [5, 5.41) is 12.6. The summed E-state index contributed by atoms with van der Waals surface area (Å²) in [5.41, 5.74) is 3.19. The first kappa shape index (κ1) is 17.9. The summed E-state index contributed by atoms with van der Waals surface area (Å²) >= 11 is 0. The summed E-state index contributed by atoms with van der Waals surface area (Å²) in [6, 6.07) is 19.0. The molecule has 0 saturated carbocycles. The van der Waals surface area contributed by atoms with E-state index in [1.807, 2.05) is 53.1 Å². The van der Waals surface area contributed by atoms with Gasteiger partial charge in [-0.2, -0.15) is 0 Å². The summed E-state index contributed by atoms with van der Waals surface area (Å²) in [6.45, 7) is 2.37. The third-order valence-electron chi connectivity index (χ3n) is 5.99. The van der Waals surface area contributed by atoms with Gasteiger partial charge in [0.25, 0.3) is 0 Å². The summed E-state index contributed by atoms with van der Waals surface area (Å²) in [6.07, 6.45) is 4.18. The van der Waals surface area contributed by atoms with E-state index in [2.05, 4.69) is 27.5 Å². The molecule has 0 radical (unpaired) electrons. The van der Waals surface area contributed by atoms with E-state index in [9.17, 15) is 0 Å². The molecule has 5 rings (SSSR count). The molecule has 4 aromatic rings. The van der Waals surface area contributed by atoms with E-state index in [1.54, 1.807) is 18.2 Å². The number of rotatable bonds is 7. The Morgan fingerprint density at radius 2 is 2.03 bits per heavy atom. The molecule has 1 aliphatic heterocycles. The van der Waals surface area contributed by atoms with E-state index in [0.717, 1.165) is 37.0 Å². The number of hydrogen-bond donors (Lipinski definition) is 1. The second-order valence-electron chi connectivity index (χ2n) is 8.42. The Labute approximate surface area is 198 Å². The normalized spacial score (nSPS) is 18.3. The number of anilines is 1. The molecule has 1 aliphatic rings. The minimum Gasteiger partial charge on any atom is -0.497 e. The number of piperidine rings is 1. The minimum absolute atomic E-state index is 0.195. The van der Waals surface area contributed by atoms with Gasteiger partial charge in [0.2, 0.25) is 5.95 Å². The number of methoxy groups -OCH3 is 1. The van der Waals surface area contributed by atoms with Crippen LogP contribution in [0.25, 0.3) is 16.8 Å². The van der Waals surface area contributed by atoms with Crippen LogP contribution >= 0.6 is 0 Å². The van der Waals surface area contributed by atoms with E-state index < -0.39 is 7.04 Å². The number of likely N-dealkylation sites (N-methyl/N-ethyl adjacent to an activating group) is 1. The van der Waals surface area contributed by atoms with Crippen LogP contribution in [0, 0.1) is 0 Å². The molecule has 0 amide bonds. The number of hydrogen-bond acceptors (Lipinski definition) is 6. The van der Waals surface area contributed by atoms with Crippen molar-refractivity contribution in [2.24, 2.45) is 0 Å². The fraction of sp³-hybridized carbons (Fsp3) is 0.308. The Morgan fingerprint density at radius 1 is 1.12 bits per heavy atom. The van der Waals surface area contributed by atoms with Crippen LogP contribution in [0.1, 0.15) is 22.5 Å². The van der Waals surface area contributed by atoms with Gasteiger partial charge in [-0.05, 0) is 56.3 Å². The highest BCUT2D eigenvalue weighted by Crippen LogP contribution is 2.35. The Kier molecular flexibility index (Phi) is 5.16. The maximum Gasteiger partial charge on any atom is 0.228 e. The summed E-state index contributed by atoms with van der Waals surface area (Å²) in [5.74, 6) is 1.35. The van der Waals surface area contributed by atoms with Crippen molar-refractivity contribution in [1.29, 1.82) is 0 Å². The van der Waals surface area contributed by atoms with E-state index in [1.165, 1.54) is 0 Å². The average Bonchev–Trinajstić information content (AvgIpc) is 3.34. The summed E-state index contributed by atoms with van der Waals surface area (Å²) in [4.78, 5) is 2.31. The van der Waals surface area contributed by atoms with Crippen molar-refractivity contribution in [2.45, 2.75) is 25.5 Å². The van der Waals surface area contributed by atoms with Gasteiger partial charge < -0.3 is 19.7 Å². The molecule has 7 heteroatoms. The van der Waals surface area contributed by atoms with Crippen molar-refractivity contribution in [2.75, 3.05) is 32.5 Å². The number of ether oxygens (including phenoxy) is 2. The first-order chi connectivity index (χ1) is 17.4. The lowest BCUT2D eigenvalue weighted by Gasteiger charge is -2.30. The first-order valence-corrected chi connectivity index (χ1v) is 11.1. The molecule has 170 valence electrons. The van der Waals surface area contributed by atoms with Gasteiger partial charge in [0.1, 0.15) is 23.8 Å². The molecule has 1 saturated heterocycles. The lowest BCUT2D eigenvalue weighted by atomic mass is 10.1. The quantitative estimate of drug-likeness (QED) is 0.451. The molecule has 1 atom stereocenters. The van der Waals surface area contributed by atoms with Gasteiger partial charge >= 0.3 is 0 Å². The maximum absolute atomic E-state index is 7.46. The predicted octanol–water partition coefficient (Wildman–Crippen LogP) is 4.49. The second kappa shape index (κ2) is 9.50. The van der Waals surface area contributed by atoms with Gasteiger partial charge in [0.15, 0.2) is 0 Å². The number of likely N-dealkylation sites (tertiary alicyclic amines) is 1. The van der Waals surface area contributed by atoms with Gasteiger partial charge in [-0.1, -0.05) is 30.3 Å². The molecule has 1 fully saturated rings. The SMILES string of the molecule is [2H]C([2H])([2H])Oc1ccc(-c2nnc(N[C@@H]3CCCN(C)C3)n3cccc23)c(OCc2ccccc2)c1. The number of benzene rings is 2. The van der Waals surface area contributed by atoms with Crippen LogP contribution in [0.3, 0.4) is 0 Å². The highest BCUT2D eigenvalue weighted by molar-refractivity contribution is 5.81. The molecule has 0 bridgehead atoms. The summed E-state index contributed by atoms with van der Waals surface area (Å²) in [7, 11) is -0.433. The van der Waals surface area contributed by atoms with Crippen molar-refractivity contribution in [3.63, 3.8) is 0 Å². The van der Waals surface area contributed by atoms with E-state index >= 15 is 0 Å². The van der Waals surface area contributed by atoms with E-state index in [-0.39, 0.29) is 5.75 Å². The van der Waals surface area contributed by atoms with Crippen molar-refractivity contribution in [3.05, 3.63) is 72.4 Å². The molecule has 3 heterocycles. The van der Waals surface area contributed by atoms with Crippen molar-refractivity contribution >= 4 is 11.5 Å². The highest BCUT2D eigenvalue weighted by Gasteiger charge is 2.20. The largest absolute Gasteiger partial charge is 0.497 e. The molecular weight excluding hydrogens is 414 g/mol. The number of nitrogens with zero attached hydrogens (tertiary/aromatic N) is 4. The van der Waals surface area contributed by atoms with Crippen LogP contribution in [-0.4, -0.2) is 52.7 Å². The summed E-state index contributed by atoms with van der Waals surface area (Å²) < 4.78 is 35.7. The average molecular weight is 447 g/mol. The molecule has 7 nitrogen and oxygen atoms in total. The number of aromatic nitrogens is 3. The Morgan fingerprint density at radius 3 is 2.88 bits per heavy atom. The van der Waals surface area contributed by atoms with Crippen LogP contribution in [0.2, 0.25) is 0 Å². The lowest BCUT2D eigenvalue weighted by molar-refractivity contribution is 0.260. The van der Waals surface area contributed by atoms with Crippen LogP contribution < -0.4 is 14.8 Å². The zero-order valence-electron chi connectivity index (χ0n) is 21.6. The predicted molar refractivity (Wildman–Crippen MR) is 130 cm³/mol. The molecule has 1 N–H and O–H groups in total. The van der Waals surface area contributed by atoms with Gasteiger partial charge in [-0.15, -0.1) is 10.2 Å². The van der Waals surface area contributed by atoms with Gasteiger partial charge in [0.05, 0.1) is 16.7 Å². The number of fused-ring (bicyclic) bond motifs is 1. The zero-order valence-corrected chi connectivity index (χ0v) is 18.6. The van der Waals surface area contributed by atoms with Crippen molar-refractivity contribution in [1.82, 2.24) is 19.5 Å². The molecule has 0 aliphatic carbocycles. The molecule has 33 heavy (non-hydrogen) atoms. The first-order valence-electron chi connectivity index (χ1n) is 12.6. The fourth-order valence-corrected chi connectivity index (χ4v) is 4.33. The third-order valence-corrected chi connectivity index (χ3v) is 5.99. The van der Waals surface area contributed by atoms with Crippen LogP contribution in [0.5, 0.6) is 11.5 Å². The van der Waals surface area contributed by atoms with Crippen LogP contribution in [-0.2, 0) is 6.61 Å².